The van der Waals surface area contributed by atoms with Gasteiger partial charge in [-0.3, -0.25) is 4.79 Å². The van der Waals surface area contributed by atoms with Gasteiger partial charge in [-0.1, -0.05) is 11.6 Å². The summed E-state index contributed by atoms with van der Waals surface area (Å²) in [5.74, 6) is -1.74. The summed E-state index contributed by atoms with van der Waals surface area (Å²) in [5, 5.41) is 8.54. The fourth-order valence-corrected chi connectivity index (χ4v) is 1.18. The lowest BCUT2D eigenvalue weighted by molar-refractivity contribution is -0.137. The summed E-state index contributed by atoms with van der Waals surface area (Å²) in [6.07, 6.45) is 0.566. The average Bonchev–Trinajstić information content (AvgIpc) is 2.08. The molecule has 0 aromatic carbocycles. The lowest BCUT2D eigenvalue weighted by Crippen LogP contribution is -2.16. The molecule has 0 aliphatic heterocycles. The Morgan fingerprint density at radius 3 is 3.00 bits per heavy atom. The van der Waals surface area contributed by atoms with Gasteiger partial charge < -0.3 is 10.8 Å². The first kappa shape index (κ1) is 10.9. The molecule has 0 bridgehead atoms. The summed E-state index contributed by atoms with van der Waals surface area (Å²) in [6.45, 7) is 0. The van der Waals surface area contributed by atoms with E-state index in [4.69, 9.17) is 22.4 Å². The first-order chi connectivity index (χ1) is 6.50. The van der Waals surface area contributed by atoms with Crippen molar-refractivity contribution in [1.29, 1.82) is 0 Å². The van der Waals surface area contributed by atoms with Crippen LogP contribution < -0.4 is 5.73 Å². The van der Waals surface area contributed by atoms with E-state index in [1.54, 1.807) is 0 Å². The van der Waals surface area contributed by atoms with E-state index in [-0.39, 0.29) is 17.1 Å². The highest BCUT2D eigenvalue weighted by Crippen LogP contribution is 2.19. The maximum atomic E-state index is 13.1. The smallest absolute Gasteiger partial charge is 0.305 e. The predicted octanol–water partition coefficient (Wildman–Crippen LogP) is 1.35. The monoisotopic (exact) mass is 218 g/mol. The van der Waals surface area contributed by atoms with Gasteiger partial charge in [0.05, 0.1) is 12.6 Å². The van der Waals surface area contributed by atoms with Crippen molar-refractivity contribution >= 4 is 17.6 Å². The maximum absolute atomic E-state index is 13.1. The van der Waals surface area contributed by atoms with E-state index in [2.05, 4.69) is 4.98 Å². The number of halogens is 2. The number of hydrogen-bond donors (Lipinski definition) is 2. The van der Waals surface area contributed by atoms with E-state index in [1.807, 2.05) is 0 Å². The topological polar surface area (TPSA) is 76.2 Å². The molecule has 76 valence electrons. The minimum absolute atomic E-state index is 0.0624. The zero-order chi connectivity index (χ0) is 10.7. The minimum Gasteiger partial charge on any atom is -0.481 e. The molecule has 14 heavy (non-hydrogen) atoms. The molecule has 0 aliphatic carbocycles. The molecule has 0 unspecified atom stereocenters. The molecular formula is C8H8ClFN2O2. The fraction of sp³-hybridized carbons (Fsp3) is 0.250. The van der Waals surface area contributed by atoms with Gasteiger partial charge >= 0.3 is 5.97 Å². The van der Waals surface area contributed by atoms with Crippen LogP contribution in [0.2, 0.25) is 5.15 Å². The Hall–Kier alpha value is -1.20. The molecule has 0 amide bonds. The summed E-state index contributed by atoms with van der Waals surface area (Å²) in [4.78, 5) is 13.8. The van der Waals surface area contributed by atoms with Gasteiger partial charge in [-0.15, -0.1) is 0 Å². The second kappa shape index (κ2) is 4.34. The van der Waals surface area contributed by atoms with E-state index >= 15 is 0 Å². The van der Waals surface area contributed by atoms with Crippen LogP contribution in [-0.2, 0) is 4.79 Å². The normalized spacial score (nSPS) is 12.5. The van der Waals surface area contributed by atoms with Crippen molar-refractivity contribution in [2.45, 2.75) is 12.5 Å². The van der Waals surface area contributed by atoms with Crippen LogP contribution in [0.3, 0.4) is 0 Å². The molecule has 1 aromatic heterocycles. The standard InChI is InChI=1S/C8H8ClFN2O2/c9-7-1-4(5(10)3-12-7)6(11)2-8(13)14/h1,3,6H,2,11H2,(H,13,14)/t6-/m1/s1. The van der Waals surface area contributed by atoms with E-state index in [9.17, 15) is 9.18 Å². The van der Waals surface area contributed by atoms with Gasteiger partial charge in [-0.2, -0.15) is 0 Å². The average molecular weight is 219 g/mol. The van der Waals surface area contributed by atoms with Crippen LogP contribution in [0.1, 0.15) is 18.0 Å². The molecule has 3 N–H and O–H groups in total. The molecule has 0 spiro atoms. The third-order valence-electron chi connectivity index (χ3n) is 1.65. The highest BCUT2D eigenvalue weighted by atomic mass is 35.5. The van der Waals surface area contributed by atoms with Gasteiger partial charge in [-0.25, -0.2) is 9.37 Å². The van der Waals surface area contributed by atoms with Crippen LogP contribution in [0.15, 0.2) is 12.3 Å². The van der Waals surface area contributed by atoms with Crippen molar-refractivity contribution in [2.24, 2.45) is 5.73 Å². The molecule has 0 radical (unpaired) electrons. The largest absolute Gasteiger partial charge is 0.481 e. The summed E-state index contributed by atoms with van der Waals surface area (Å²) in [5.41, 5.74) is 5.52. The van der Waals surface area contributed by atoms with Gasteiger partial charge in [0.15, 0.2) is 0 Å². The number of rotatable bonds is 3. The highest BCUT2D eigenvalue weighted by Gasteiger charge is 2.15. The first-order valence-electron chi connectivity index (χ1n) is 3.79. The number of nitrogens with two attached hydrogens (primary N) is 1. The van der Waals surface area contributed by atoms with Crippen molar-refractivity contribution < 1.29 is 14.3 Å². The van der Waals surface area contributed by atoms with Crippen LogP contribution in [0.4, 0.5) is 4.39 Å². The number of aromatic nitrogens is 1. The van der Waals surface area contributed by atoms with Crippen LogP contribution in [-0.4, -0.2) is 16.1 Å². The van der Waals surface area contributed by atoms with Crippen LogP contribution in [0.5, 0.6) is 0 Å². The number of carboxylic acid groups (broad SMARTS) is 1. The number of nitrogens with zero attached hydrogens (tertiary/aromatic N) is 1. The third kappa shape index (κ3) is 2.65. The van der Waals surface area contributed by atoms with Crippen LogP contribution in [0.25, 0.3) is 0 Å². The second-order valence-corrected chi connectivity index (χ2v) is 3.12. The van der Waals surface area contributed by atoms with Gasteiger partial charge in [0, 0.05) is 11.6 Å². The molecular weight excluding hydrogens is 211 g/mol. The molecule has 0 aliphatic rings. The van der Waals surface area contributed by atoms with Gasteiger partial charge in [0.2, 0.25) is 0 Å². The molecule has 1 rings (SSSR count). The molecule has 4 nitrogen and oxygen atoms in total. The summed E-state index contributed by atoms with van der Waals surface area (Å²) in [6, 6.07) is 0.317. The number of carboxylic acids is 1. The summed E-state index contributed by atoms with van der Waals surface area (Å²) < 4.78 is 13.1. The van der Waals surface area contributed by atoms with Gasteiger partial charge in [-0.05, 0) is 6.07 Å². The summed E-state index contributed by atoms with van der Waals surface area (Å²) in [7, 11) is 0. The van der Waals surface area contributed by atoms with Crippen molar-refractivity contribution in [3.05, 3.63) is 28.8 Å². The Bertz CT molecular complexity index is 359. The van der Waals surface area contributed by atoms with Crippen molar-refractivity contribution in [3.63, 3.8) is 0 Å². The third-order valence-corrected chi connectivity index (χ3v) is 1.85. The molecule has 0 saturated carbocycles. The van der Waals surface area contributed by atoms with Crippen molar-refractivity contribution in [1.82, 2.24) is 4.98 Å². The first-order valence-corrected chi connectivity index (χ1v) is 4.17. The summed E-state index contributed by atoms with van der Waals surface area (Å²) >= 11 is 5.52. The number of hydrogen-bond acceptors (Lipinski definition) is 3. The van der Waals surface area contributed by atoms with Gasteiger partial charge in [0.25, 0.3) is 0 Å². The molecule has 1 atom stereocenters. The molecule has 1 heterocycles. The van der Waals surface area contributed by atoms with Gasteiger partial charge in [0.1, 0.15) is 11.0 Å². The Morgan fingerprint density at radius 2 is 2.43 bits per heavy atom. The molecule has 6 heteroatoms. The van der Waals surface area contributed by atoms with Crippen LogP contribution in [0, 0.1) is 5.82 Å². The molecule has 0 fully saturated rings. The Balaban J connectivity index is 2.93. The predicted molar refractivity (Wildman–Crippen MR) is 48.4 cm³/mol. The minimum atomic E-state index is -1.09. The van der Waals surface area contributed by atoms with E-state index in [1.165, 1.54) is 6.07 Å². The highest BCUT2D eigenvalue weighted by molar-refractivity contribution is 6.29. The SMILES string of the molecule is N[C@H](CC(=O)O)c1cc(Cl)ncc1F. The van der Waals surface area contributed by atoms with E-state index in [0.29, 0.717) is 0 Å². The van der Waals surface area contributed by atoms with E-state index < -0.39 is 17.8 Å². The zero-order valence-corrected chi connectivity index (χ0v) is 7.83. The lowest BCUT2D eigenvalue weighted by Gasteiger charge is -2.09. The Labute approximate surface area is 84.5 Å². The Morgan fingerprint density at radius 1 is 1.79 bits per heavy atom. The zero-order valence-electron chi connectivity index (χ0n) is 7.08. The van der Waals surface area contributed by atoms with Crippen molar-refractivity contribution in [2.75, 3.05) is 0 Å². The van der Waals surface area contributed by atoms with Crippen LogP contribution >= 0.6 is 11.6 Å². The quantitative estimate of drug-likeness (QED) is 0.751. The molecule has 1 aromatic rings. The molecule has 0 saturated heterocycles. The maximum Gasteiger partial charge on any atom is 0.305 e. The fourth-order valence-electron chi connectivity index (χ4n) is 1.01. The van der Waals surface area contributed by atoms with E-state index in [0.717, 1.165) is 6.20 Å². The number of pyridine rings is 1. The second-order valence-electron chi connectivity index (χ2n) is 2.73. The lowest BCUT2D eigenvalue weighted by atomic mass is 10.1. The van der Waals surface area contributed by atoms with Crippen molar-refractivity contribution in [3.8, 4) is 0 Å². The number of carbonyl (C=O) groups is 1. The Kier molecular flexibility index (Phi) is 3.38. The number of aliphatic carboxylic acids is 1.